The van der Waals surface area contributed by atoms with Crippen molar-refractivity contribution in [3.63, 3.8) is 0 Å². The number of halogens is 4. The number of likely N-dealkylation sites (tertiary alicyclic amines) is 1. The normalized spacial score (nSPS) is 21.3. The van der Waals surface area contributed by atoms with Gasteiger partial charge in [0.05, 0.1) is 30.0 Å². The number of alkyl halides is 3. The summed E-state index contributed by atoms with van der Waals surface area (Å²) in [5.74, 6) is -1.05. The van der Waals surface area contributed by atoms with Gasteiger partial charge in [0.1, 0.15) is 10.7 Å². The molecule has 1 atom stereocenters. The standard InChI is InChI=1S/C19H24F4N6O3S2/c1-34(31,32)29-6-2-11(3-7-29)25-18-24-8-13(20)15(27-18)16-17(19(21,22)23)26-14(33-16)10-28-5-4-12(30)9-28/h8,11-12,30H,2-7,9-10H2,1H3,(H,24,25,27)/t12-/m1/s1. The largest absolute Gasteiger partial charge is 0.434 e. The topological polar surface area (TPSA) is 112 Å². The Morgan fingerprint density at radius 2 is 1.91 bits per heavy atom. The average Bonchev–Trinajstić information content (AvgIpc) is 3.35. The number of rotatable bonds is 6. The van der Waals surface area contributed by atoms with Gasteiger partial charge in [-0.3, -0.25) is 4.90 Å². The molecule has 2 saturated heterocycles. The van der Waals surface area contributed by atoms with Crippen LogP contribution >= 0.6 is 11.3 Å². The predicted molar refractivity (Wildman–Crippen MR) is 117 cm³/mol. The first kappa shape index (κ1) is 25.2. The smallest absolute Gasteiger partial charge is 0.392 e. The van der Waals surface area contributed by atoms with Gasteiger partial charge in [-0.1, -0.05) is 0 Å². The molecule has 0 radical (unpaired) electrons. The number of aliphatic hydroxyl groups is 1. The average molecular weight is 525 g/mol. The third-order valence-electron chi connectivity index (χ3n) is 5.76. The Morgan fingerprint density at radius 1 is 1.21 bits per heavy atom. The number of aliphatic hydroxyl groups excluding tert-OH is 1. The molecule has 0 saturated carbocycles. The van der Waals surface area contributed by atoms with E-state index in [1.165, 1.54) is 4.31 Å². The van der Waals surface area contributed by atoms with E-state index >= 15 is 0 Å². The second-order valence-electron chi connectivity index (χ2n) is 8.43. The molecule has 2 aromatic rings. The van der Waals surface area contributed by atoms with Gasteiger partial charge in [-0.25, -0.2) is 32.1 Å². The molecule has 2 aromatic heterocycles. The van der Waals surface area contributed by atoms with Gasteiger partial charge in [0.15, 0.2) is 11.5 Å². The highest BCUT2D eigenvalue weighted by molar-refractivity contribution is 7.88. The Morgan fingerprint density at radius 3 is 2.50 bits per heavy atom. The van der Waals surface area contributed by atoms with Gasteiger partial charge in [-0.15, -0.1) is 11.3 Å². The SMILES string of the molecule is CS(=O)(=O)N1CCC(Nc2ncc(F)c(-c3sc(CN4CC[C@@H](O)C4)nc3C(F)(F)F)n2)CC1. The molecular formula is C19H24F4N6O3S2. The Hall–Kier alpha value is -1.94. The van der Waals surface area contributed by atoms with Crippen LogP contribution in [0.15, 0.2) is 6.20 Å². The number of sulfonamides is 1. The van der Waals surface area contributed by atoms with Gasteiger partial charge in [0.2, 0.25) is 16.0 Å². The first-order valence-electron chi connectivity index (χ1n) is 10.6. The second kappa shape index (κ2) is 9.60. The fourth-order valence-corrected chi connectivity index (χ4v) is 6.03. The fourth-order valence-electron chi connectivity index (χ4n) is 4.04. The van der Waals surface area contributed by atoms with Crippen LogP contribution < -0.4 is 5.32 Å². The zero-order valence-electron chi connectivity index (χ0n) is 18.2. The molecule has 2 aliphatic rings. The second-order valence-corrected chi connectivity index (χ2v) is 11.5. The number of aromatic nitrogens is 3. The molecule has 2 N–H and O–H groups in total. The minimum atomic E-state index is -4.81. The van der Waals surface area contributed by atoms with Crippen molar-refractivity contribution in [2.75, 3.05) is 37.8 Å². The summed E-state index contributed by atoms with van der Waals surface area (Å²) in [7, 11) is -3.30. The van der Waals surface area contributed by atoms with Crippen LogP contribution in [0.3, 0.4) is 0 Å². The van der Waals surface area contributed by atoms with Crippen molar-refractivity contribution in [1.82, 2.24) is 24.2 Å². The molecule has 2 fully saturated rings. The van der Waals surface area contributed by atoms with E-state index in [-0.39, 0.29) is 36.6 Å². The van der Waals surface area contributed by atoms with Crippen LogP contribution in [0, 0.1) is 5.82 Å². The summed E-state index contributed by atoms with van der Waals surface area (Å²) in [6.07, 6.45) is -1.97. The summed E-state index contributed by atoms with van der Waals surface area (Å²) >= 11 is 0.714. The van der Waals surface area contributed by atoms with Crippen molar-refractivity contribution < 1.29 is 31.1 Å². The Kier molecular flexibility index (Phi) is 7.11. The van der Waals surface area contributed by atoms with Crippen molar-refractivity contribution in [3.8, 4) is 10.6 Å². The molecule has 0 unspecified atom stereocenters. The number of anilines is 1. The lowest BCUT2D eigenvalue weighted by Crippen LogP contribution is -2.42. The van der Waals surface area contributed by atoms with E-state index in [1.807, 2.05) is 0 Å². The maximum atomic E-state index is 14.6. The third-order valence-corrected chi connectivity index (χ3v) is 8.11. The van der Waals surface area contributed by atoms with Crippen LogP contribution in [0.4, 0.5) is 23.5 Å². The zero-order valence-corrected chi connectivity index (χ0v) is 19.9. The molecule has 34 heavy (non-hydrogen) atoms. The van der Waals surface area contributed by atoms with E-state index in [0.717, 1.165) is 12.5 Å². The molecule has 9 nitrogen and oxygen atoms in total. The predicted octanol–water partition coefficient (Wildman–Crippen LogP) is 2.16. The van der Waals surface area contributed by atoms with Crippen LogP contribution in [0.5, 0.6) is 0 Å². The van der Waals surface area contributed by atoms with E-state index in [9.17, 15) is 31.1 Å². The molecule has 0 amide bonds. The molecular weight excluding hydrogens is 500 g/mol. The minimum absolute atomic E-state index is 0.0417. The summed E-state index contributed by atoms with van der Waals surface area (Å²) in [6, 6.07) is -0.211. The summed E-state index contributed by atoms with van der Waals surface area (Å²) < 4.78 is 80.4. The molecule has 0 bridgehead atoms. The lowest BCUT2D eigenvalue weighted by molar-refractivity contribution is -0.140. The molecule has 0 spiro atoms. The van der Waals surface area contributed by atoms with Crippen molar-refractivity contribution in [1.29, 1.82) is 0 Å². The number of piperidine rings is 1. The highest BCUT2D eigenvalue weighted by atomic mass is 32.2. The molecule has 15 heteroatoms. The Bertz CT molecular complexity index is 1140. The summed E-state index contributed by atoms with van der Waals surface area (Å²) in [6.45, 7) is 1.55. The zero-order chi connectivity index (χ0) is 24.7. The molecule has 4 rings (SSSR count). The number of hydrogen-bond donors (Lipinski definition) is 2. The van der Waals surface area contributed by atoms with E-state index < -0.39 is 44.4 Å². The van der Waals surface area contributed by atoms with Gasteiger partial charge in [-0.05, 0) is 19.3 Å². The van der Waals surface area contributed by atoms with Crippen molar-refractivity contribution in [2.45, 2.75) is 44.1 Å². The van der Waals surface area contributed by atoms with Gasteiger partial charge in [0.25, 0.3) is 0 Å². The van der Waals surface area contributed by atoms with Gasteiger partial charge < -0.3 is 10.4 Å². The molecule has 2 aliphatic heterocycles. The number of nitrogens with one attached hydrogen (secondary N) is 1. The number of β-amino-alcohol motifs (C(OH)–C–C–N with tert-alkyl or cyclic N) is 1. The van der Waals surface area contributed by atoms with Gasteiger partial charge in [0, 0.05) is 32.2 Å². The Balaban J connectivity index is 1.56. The van der Waals surface area contributed by atoms with Crippen LogP contribution in [-0.2, 0) is 22.7 Å². The maximum absolute atomic E-state index is 14.6. The van der Waals surface area contributed by atoms with Crippen molar-refractivity contribution in [2.24, 2.45) is 0 Å². The summed E-state index contributed by atoms with van der Waals surface area (Å²) in [5.41, 5.74) is -1.71. The van der Waals surface area contributed by atoms with E-state index in [1.54, 1.807) is 4.90 Å². The monoisotopic (exact) mass is 524 g/mol. The highest BCUT2D eigenvalue weighted by Crippen LogP contribution is 2.41. The highest BCUT2D eigenvalue weighted by Gasteiger charge is 2.39. The molecule has 0 aliphatic carbocycles. The fraction of sp³-hybridized carbons (Fsp3) is 0.632. The van der Waals surface area contributed by atoms with Crippen LogP contribution in [0.1, 0.15) is 30.0 Å². The molecule has 188 valence electrons. The Labute approximate surface area is 197 Å². The first-order chi connectivity index (χ1) is 15.9. The lowest BCUT2D eigenvalue weighted by Gasteiger charge is -2.30. The van der Waals surface area contributed by atoms with E-state index in [4.69, 9.17) is 0 Å². The number of thiazole rings is 1. The molecule has 0 aromatic carbocycles. The van der Waals surface area contributed by atoms with Crippen LogP contribution in [0.25, 0.3) is 10.6 Å². The quantitative estimate of drug-likeness (QED) is 0.553. The maximum Gasteiger partial charge on any atom is 0.434 e. The number of hydrogen-bond acceptors (Lipinski definition) is 9. The summed E-state index contributed by atoms with van der Waals surface area (Å²) in [5, 5.41) is 12.8. The lowest BCUT2D eigenvalue weighted by atomic mass is 10.1. The van der Waals surface area contributed by atoms with Crippen LogP contribution in [0.2, 0.25) is 0 Å². The third kappa shape index (κ3) is 5.82. The van der Waals surface area contributed by atoms with Gasteiger partial charge in [-0.2, -0.15) is 13.2 Å². The van der Waals surface area contributed by atoms with Crippen molar-refractivity contribution in [3.05, 3.63) is 22.7 Å². The van der Waals surface area contributed by atoms with Crippen molar-refractivity contribution >= 4 is 27.3 Å². The van der Waals surface area contributed by atoms with E-state index in [0.29, 0.717) is 43.7 Å². The summed E-state index contributed by atoms with van der Waals surface area (Å²) in [4.78, 5) is 13.0. The first-order valence-corrected chi connectivity index (χ1v) is 13.3. The number of nitrogens with zero attached hydrogens (tertiary/aromatic N) is 5. The molecule has 4 heterocycles. The van der Waals surface area contributed by atoms with Crippen LogP contribution in [-0.4, -0.2) is 82.3 Å². The van der Waals surface area contributed by atoms with Gasteiger partial charge >= 0.3 is 6.18 Å². The minimum Gasteiger partial charge on any atom is -0.392 e. The van der Waals surface area contributed by atoms with E-state index in [2.05, 4.69) is 20.3 Å².